The van der Waals surface area contributed by atoms with Crippen LogP contribution in [0.15, 0.2) is 24.3 Å². The smallest absolute Gasteiger partial charge is 0.0807 e. The van der Waals surface area contributed by atoms with Crippen molar-refractivity contribution < 1.29 is 4.74 Å². The van der Waals surface area contributed by atoms with Crippen molar-refractivity contribution >= 4 is 0 Å². The van der Waals surface area contributed by atoms with Crippen LogP contribution < -0.4 is 5.73 Å². The summed E-state index contributed by atoms with van der Waals surface area (Å²) in [5.41, 5.74) is 8.64. The highest BCUT2D eigenvalue weighted by Crippen LogP contribution is 2.30. The fraction of sp³-hybridized carbons (Fsp3) is 0.455. The molecule has 2 nitrogen and oxygen atoms in total. The molecule has 2 N–H and O–H groups in total. The summed E-state index contributed by atoms with van der Waals surface area (Å²) >= 11 is 0. The number of hydrogen-bond acceptors (Lipinski definition) is 2. The SMILES string of the molecule is CCO[C@H]1Cc2ccccc2[C@H]1N. The summed E-state index contributed by atoms with van der Waals surface area (Å²) in [5.74, 6) is 0. The molecule has 0 unspecified atom stereocenters. The third-order valence-corrected chi connectivity index (χ3v) is 2.62. The van der Waals surface area contributed by atoms with Gasteiger partial charge in [-0.05, 0) is 18.1 Å². The molecule has 0 spiro atoms. The van der Waals surface area contributed by atoms with E-state index in [0.29, 0.717) is 0 Å². The Hall–Kier alpha value is -0.860. The molecule has 70 valence electrons. The van der Waals surface area contributed by atoms with Gasteiger partial charge in [0.05, 0.1) is 12.1 Å². The van der Waals surface area contributed by atoms with Gasteiger partial charge in [-0.15, -0.1) is 0 Å². The quantitative estimate of drug-likeness (QED) is 0.745. The van der Waals surface area contributed by atoms with Crippen molar-refractivity contribution in [3.63, 3.8) is 0 Å². The molecule has 1 aromatic rings. The molecule has 0 saturated heterocycles. The first kappa shape index (κ1) is 8.73. The molecule has 2 heteroatoms. The fourth-order valence-corrected chi connectivity index (χ4v) is 1.97. The van der Waals surface area contributed by atoms with Gasteiger partial charge in [0.25, 0.3) is 0 Å². The molecule has 0 amide bonds. The van der Waals surface area contributed by atoms with Gasteiger partial charge in [-0.1, -0.05) is 24.3 Å². The molecule has 0 heterocycles. The van der Waals surface area contributed by atoms with Crippen LogP contribution >= 0.6 is 0 Å². The Morgan fingerprint density at radius 3 is 2.92 bits per heavy atom. The van der Waals surface area contributed by atoms with E-state index in [1.807, 2.05) is 13.0 Å². The number of rotatable bonds is 2. The van der Waals surface area contributed by atoms with E-state index in [4.69, 9.17) is 10.5 Å². The van der Waals surface area contributed by atoms with Crippen LogP contribution in [0, 0.1) is 0 Å². The highest BCUT2D eigenvalue weighted by Gasteiger charge is 2.29. The van der Waals surface area contributed by atoms with Gasteiger partial charge in [0, 0.05) is 13.0 Å². The summed E-state index contributed by atoms with van der Waals surface area (Å²) < 4.78 is 5.57. The van der Waals surface area contributed by atoms with E-state index in [0.717, 1.165) is 13.0 Å². The summed E-state index contributed by atoms with van der Waals surface area (Å²) in [6, 6.07) is 8.39. The lowest BCUT2D eigenvalue weighted by Gasteiger charge is -2.15. The Balaban J connectivity index is 2.22. The lowest BCUT2D eigenvalue weighted by molar-refractivity contribution is 0.0529. The molecule has 1 aliphatic rings. The average molecular weight is 177 g/mol. The topological polar surface area (TPSA) is 35.2 Å². The third kappa shape index (κ3) is 1.47. The monoisotopic (exact) mass is 177 g/mol. The maximum atomic E-state index is 6.05. The standard InChI is InChI=1S/C11H15NO/c1-2-13-10-7-8-5-3-4-6-9(8)11(10)12/h3-6,10-11H,2,7,12H2,1H3/t10-,11+/m0/s1. The first-order valence-electron chi connectivity index (χ1n) is 4.78. The first-order chi connectivity index (χ1) is 6.33. The second-order valence-corrected chi connectivity index (χ2v) is 3.42. The normalized spacial score (nSPS) is 26.0. The van der Waals surface area contributed by atoms with Gasteiger partial charge < -0.3 is 10.5 Å². The maximum Gasteiger partial charge on any atom is 0.0807 e. The van der Waals surface area contributed by atoms with E-state index < -0.39 is 0 Å². The molecule has 0 aromatic heterocycles. The molecule has 13 heavy (non-hydrogen) atoms. The zero-order valence-electron chi connectivity index (χ0n) is 7.86. The Labute approximate surface area is 78.7 Å². The summed E-state index contributed by atoms with van der Waals surface area (Å²) in [6.45, 7) is 2.75. The molecule has 1 aliphatic carbocycles. The average Bonchev–Trinajstić information content (AvgIpc) is 2.46. The summed E-state index contributed by atoms with van der Waals surface area (Å²) in [4.78, 5) is 0. The van der Waals surface area contributed by atoms with Crippen molar-refractivity contribution in [1.82, 2.24) is 0 Å². The van der Waals surface area contributed by atoms with Crippen LogP contribution in [0.25, 0.3) is 0 Å². The van der Waals surface area contributed by atoms with Gasteiger partial charge in [0.2, 0.25) is 0 Å². The maximum absolute atomic E-state index is 6.05. The van der Waals surface area contributed by atoms with Crippen LogP contribution in [-0.2, 0) is 11.2 Å². The Bertz CT molecular complexity index is 298. The number of nitrogens with two attached hydrogens (primary N) is 1. The molecule has 2 rings (SSSR count). The van der Waals surface area contributed by atoms with E-state index in [1.165, 1.54) is 11.1 Å². The number of benzene rings is 1. The van der Waals surface area contributed by atoms with Gasteiger partial charge in [0.1, 0.15) is 0 Å². The second kappa shape index (κ2) is 3.48. The van der Waals surface area contributed by atoms with Crippen molar-refractivity contribution in [3.8, 4) is 0 Å². The first-order valence-corrected chi connectivity index (χ1v) is 4.78. The highest BCUT2D eigenvalue weighted by molar-refractivity contribution is 5.36. The minimum Gasteiger partial charge on any atom is -0.376 e. The van der Waals surface area contributed by atoms with Crippen LogP contribution in [0.5, 0.6) is 0 Å². The third-order valence-electron chi connectivity index (χ3n) is 2.62. The molecule has 0 aliphatic heterocycles. The van der Waals surface area contributed by atoms with E-state index >= 15 is 0 Å². The molecule has 2 atom stereocenters. The molecular formula is C11H15NO. The van der Waals surface area contributed by atoms with E-state index in [1.54, 1.807) is 0 Å². The van der Waals surface area contributed by atoms with Crippen molar-refractivity contribution in [2.45, 2.75) is 25.5 Å². The highest BCUT2D eigenvalue weighted by atomic mass is 16.5. The van der Waals surface area contributed by atoms with Crippen LogP contribution in [-0.4, -0.2) is 12.7 Å². The Kier molecular flexibility index (Phi) is 2.34. The number of hydrogen-bond donors (Lipinski definition) is 1. The van der Waals surface area contributed by atoms with Crippen molar-refractivity contribution in [3.05, 3.63) is 35.4 Å². The molecule has 0 bridgehead atoms. The fourth-order valence-electron chi connectivity index (χ4n) is 1.97. The zero-order chi connectivity index (χ0) is 9.26. The van der Waals surface area contributed by atoms with Gasteiger partial charge in [0.15, 0.2) is 0 Å². The predicted molar refractivity (Wildman–Crippen MR) is 52.5 cm³/mol. The van der Waals surface area contributed by atoms with Gasteiger partial charge in [-0.3, -0.25) is 0 Å². The Morgan fingerprint density at radius 2 is 2.23 bits per heavy atom. The second-order valence-electron chi connectivity index (χ2n) is 3.42. The van der Waals surface area contributed by atoms with Crippen LogP contribution in [0.2, 0.25) is 0 Å². The lowest BCUT2D eigenvalue weighted by Crippen LogP contribution is -2.24. The summed E-state index contributed by atoms with van der Waals surface area (Å²) in [5, 5.41) is 0. The molecule has 0 fully saturated rings. The van der Waals surface area contributed by atoms with Crippen LogP contribution in [0.4, 0.5) is 0 Å². The van der Waals surface area contributed by atoms with Gasteiger partial charge in [-0.2, -0.15) is 0 Å². The summed E-state index contributed by atoms with van der Waals surface area (Å²) in [6.07, 6.45) is 1.15. The molecule has 1 aromatic carbocycles. The van der Waals surface area contributed by atoms with Crippen molar-refractivity contribution in [1.29, 1.82) is 0 Å². The molecule has 0 radical (unpaired) electrons. The van der Waals surface area contributed by atoms with Crippen LogP contribution in [0.3, 0.4) is 0 Å². The molecular weight excluding hydrogens is 162 g/mol. The number of ether oxygens (including phenoxy) is 1. The minimum atomic E-state index is 0.0659. The van der Waals surface area contributed by atoms with Gasteiger partial charge in [-0.25, -0.2) is 0 Å². The van der Waals surface area contributed by atoms with Crippen LogP contribution in [0.1, 0.15) is 24.1 Å². The molecule has 0 saturated carbocycles. The Morgan fingerprint density at radius 1 is 1.46 bits per heavy atom. The van der Waals surface area contributed by atoms with E-state index in [9.17, 15) is 0 Å². The van der Waals surface area contributed by atoms with Crippen molar-refractivity contribution in [2.75, 3.05) is 6.61 Å². The van der Waals surface area contributed by atoms with E-state index in [2.05, 4.69) is 18.2 Å². The largest absolute Gasteiger partial charge is 0.376 e. The lowest BCUT2D eigenvalue weighted by atomic mass is 10.1. The van der Waals surface area contributed by atoms with Crippen molar-refractivity contribution in [2.24, 2.45) is 5.73 Å². The zero-order valence-corrected chi connectivity index (χ0v) is 7.86. The van der Waals surface area contributed by atoms with E-state index in [-0.39, 0.29) is 12.1 Å². The number of fused-ring (bicyclic) bond motifs is 1. The predicted octanol–water partition coefficient (Wildman–Crippen LogP) is 1.65. The van der Waals surface area contributed by atoms with Gasteiger partial charge >= 0.3 is 0 Å². The summed E-state index contributed by atoms with van der Waals surface area (Å²) in [7, 11) is 0. The minimum absolute atomic E-state index is 0.0659.